The number of urea groups is 1. The van der Waals surface area contributed by atoms with E-state index in [4.69, 9.17) is 9.90 Å². The number of para-hydroxylation sites is 1. The van der Waals surface area contributed by atoms with Crippen molar-refractivity contribution in [1.29, 1.82) is 0 Å². The zero-order valence-corrected chi connectivity index (χ0v) is 20.8. The molecule has 0 radical (unpaired) electrons. The van der Waals surface area contributed by atoms with Crippen molar-refractivity contribution >= 4 is 55.0 Å². The van der Waals surface area contributed by atoms with Crippen molar-refractivity contribution in [2.45, 2.75) is 37.6 Å². The first-order valence-corrected chi connectivity index (χ1v) is 12.6. The van der Waals surface area contributed by atoms with E-state index in [2.05, 4.69) is 4.98 Å². The van der Waals surface area contributed by atoms with Crippen LogP contribution in [0.1, 0.15) is 18.1 Å². The number of carbonyl (C=O) groups is 2. The second-order valence-electron chi connectivity index (χ2n) is 7.93. The van der Waals surface area contributed by atoms with Gasteiger partial charge < -0.3 is 5.11 Å². The quantitative estimate of drug-likeness (QED) is 0.315. The van der Waals surface area contributed by atoms with Gasteiger partial charge in [0, 0.05) is 10.8 Å². The maximum Gasteiger partial charge on any atom is 0.490 e. The lowest BCUT2D eigenvalue weighted by atomic mass is 10.1. The molecule has 1 fully saturated rings. The average molecular weight is 586 g/mol. The zero-order chi connectivity index (χ0) is 28.8. The fourth-order valence-electron chi connectivity index (χ4n) is 3.78. The number of hydrogen-bond acceptors (Lipinski definition) is 6. The number of carbonyl (C=O) groups excluding carboxylic acids is 1. The van der Waals surface area contributed by atoms with Gasteiger partial charge in [0.2, 0.25) is 0 Å². The maximum absolute atomic E-state index is 13.3. The summed E-state index contributed by atoms with van der Waals surface area (Å²) in [5, 5.41) is 6.63. The summed E-state index contributed by atoms with van der Waals surface area (Å²) in [7, 11) is -4.84. The van der Waals surface area contributed by atoms with Gasteiger partial charge in [-0.05, 0) is 31.5 Å². The Bertz CT molecular complexity index is 1490. The number of alkyl halides is 6. The van der Waals surface area contributed by atoms with Crippen LogP contribution in [-0.4, -0.2) is 52.7 Å². The molecule has 1 aliphatic rings. The SMILES string of the molecule is Cc1c(N2C(=O)N(c3cc(C(F)(F)F)cs3)C(S(=O)(=O)O)C2C)cnc2ccccc12.O=C(O)C(F)(F)F. The van der Waals surface area contributed by atoms with E-state index in [-0.39, 0.29) is 5.00 Å². The van der Waals surface area contributed by atoms with Gasteiger partial charge in [-0.3, -0.25) is 19.3 Å². The van der Waals surface area contributed by atoms with Crippen LogP contribution in [0.2, 0.25) is 0 Å². The van der Waals surface area contributed by atoms with Crippen LogP contribution in [0.5, 0.6) is 0 Å². The molecule has 38 heavy (non-hydrogen) atoms. The monoisotopic (exact) mass is 585 g/mol. The van der Waals surface area contributed by atoms with Crippen LogP contribution in [0.3, 0.4) is 0 Å². The van der Waals surface area contributed by atoms with Crippen molar-refractivity contribution in [2.24, 2.45) is 0 Å². The Morgan fingerprint density at radius 1 is 1.11 bits per heavy atom. The molecule has 0 saturated carbocycles. The molecule has 1 saturated heterocycles. The van der Waals surface area contributed by atoms with Crippen molar-refractivity contribution in [3.63, 3.8) is 0 Å². The molecule has 4 rings (SSSR count). The number of rotatable bonds is 3. The Morgan fingerprint density at radius 2 is 1.68 bits per heavy atom. The summed E-state index contributed by atoms with van der Waals surface area (Å²) >= 11 is 0.571. The second-order valence-corrected chi connectivity index (χ2v) is 10.3. The molecule has 17 heteroatoms. The van der Waals surface area contributed by atoms with Gasteiger partial charge in [0.05, 0.1) is 29.0 Å². The van der Waals surface area contributed by atoms with Crippen molar-refractivity contribution in [1.82, 2.24) is 4.98 Å². The fourth-order valence-corrected chi connectivity index (χ4v) is 5.88. The van der Waals surface area contributed by atoms with Crippen LogP contribution in [0.15, 0.2) is 41.9 Å². The summed E-state index contributed by atoms with van der Waals surface area (Å²) in [4.78, 5) is 28.3. The summed E-state index contributed by atoms with van der Waals surface area (Å²) in [6.07, 6.45) is -8.33. The average Bonchev–Trinajstić information content (AvgIpc) is 3.37. The number of nitrogens with zero attached hydrogens (tertiary/aromatic N) is 3. The fraction of sp³-hybridized carbons (Fsp3) is 0.286. The number of pyridine rings is 1. The van der Waals surface area contributed by atoms with E-state index in [1.165, 1.54) is 13.1 Å². The van der Waals surface area contributed by atoms with E-state index in [0.29, 0.717) is 39.1 Å². The predicted molar refractivity (Wildman–Crippen MR) is 125 cm³/mol. The summed E-state index contributed by atoms with van der Waals surface area (Å²) in [6.45, 7) is 3.14. The van der Waals surface area contributed by atoms with Gasteiger partial charge in [0.1, 0.15) is 5.00 Å². The van der Waals surface area contributed by atoms with E-state index >= 15 is 0 Å². The molecule has 2 amide bonds. The van der Waals surface area contributed by atoms with E-state index in [9.17, 15) is 44.1 Å². The normalized spacial score (nSPS) is 18.5. The third kappa shape index (κ3) is 5.68. The first-order valence-electron chi connectivity index (χ1n) is 10.2. The summed E-state index contributed by atoms with van der Waals surface area (Å²) < 4.78 is 105. The number of thiophene rings is 1. The van der Waals surface area contributed by atoms with Gasteiger partial charge in [-0.15, -0.1) is 11.3 Å². The third-order valence-corrected chi connectivity index (χ3v) is 7.61. The predicted octanol–water partition coefficient (Wildman–Crippen LogP) is 5.31. The van der Waals surface area contributed by atoms with Gasteiger partial charge in [0.25, 0.3) is 10.1 Å². The molecular formula is C21H17F6N3O6S2. The first-order chi connectivity index (χ1) is 17.4. The molecule has 2 N–H and O–H groups in total. The number of fused-ring (bicyclic) bond motifs is 1. The number of amides is 2. The lowest BCUT2D eigenvalue weighted by Gasteiger charge is -2.23. The number of aliphatic carboxylic acids is 1. The van der Waals surface area contributed by atoms with Crippen molar-refractivity contribution in [2.75, 3.05) is 9.80 Å². The number of aromatic nitrogens is 1. The standard InChI is InChI=1S/C19H16F3N3O4S2.C2HF3O2/c1-10-13-5-3-4-6-14(13)23-8-15(10)24-11(2)17(31(27,28)29)25(18(24)26)16-7-12(9-30-16)19(20,21)22;3-2(4,5)1(6)7/h3-9,11,17H,1-2H3,(H,27,28,29);(H,6,7). The highest BCUT2D eigenvalue weighted by atomic mass is 32.2. The van der Waals surface area contributed by atoms with Gasteiger partial charge in [-0.2, -0.15) is 34.8 Å². The van der Waals surface area contributed by atoms with Gasteiger partial charge >= 0.3 is 24.4 Å². The molecule has 0 aliphatic carbocycles. The first kappa shape index (κ1) is 29.1. The van der Waals surface area contributed by atoms with Gasteiger partial charge in [0.15, 0.2) is 5.37 Å². The minimum absolute atomic E-state index is 0.235. The number of anilines is 2. The molecule has 2 atom stereocenters. The molecule has 2 unspecified atom stereocenters. The Hall–Kier alpha value is -3.44. The minimum Gasteiger partial charge on any atom is -0.475 e. The molecule has 2 aromatic heterocycles. The highest BCUT2D eigenvalue weighted by molar-refractivity contribution is 7.86. The largest absolute Gasteiger partial charge is 0.490 e. The third-order valence-electron chi connectivity index (χ3n) is 5.46. The lowest BCUT2D eigenvalue weighted by molar-refractivity contribution is -0.192. The molecular weight excluding hydrogens is 568 g/mol. The Balaban J connectivity index is 0.000000505. The minimum atomic E-state index is -5.08. The molecule has 1 aliphatic heterocycles. The summed E-state index contributed by atoms with van der Waals surface area (Å²) in [5.74, 6) is -2.76. The topological polar surface area (TPSA) is 128 Å². The van der Waals surface area contributed by atoms with Crippen LogP contribution in [0.25, 0.3) is 10.9 Å². The highest BCUT2D eigenvalue weighted by Crippen LogP contribution is 2.42. The second kappa shape index (κ2) is 10.0. The Labute approximate surface area is 214 Å². The zero-order valence-electron chi connectivity index (χ0n) is 19.1. The Morgan fingerprint density at radius 3 is 2.18 bits per heavy atom. The van der Waals surface area contributed by atoms with Crippen molar-refractivity contribution in [3.05, 3.63) is 53.0 Å². The van der Waals surface area contributed by atoms with Crippen LogP contribution in [-0.2, 0) is 21.1 Å². The van der Waals surface area contributed by atoms with Crippen LogP contribution in [0, 0.1) is 6.92 Å². The van der Waals surface area contributed by atoms with Crippen LogP contribution >= 0.6 is 11.3 Å². The van der Waals surface area contributed by atoms with Gasteiger partial charge in [-0.1, -0.05) is 18.2 Å². The number of carboxylic acid groups (broad SMARTS) is 1. The molecule has 0 bridgehead atoms. The number of benzene rings is 1. The molecule has 206 valence electrons. The Kier molecular flexibility index (Phi) is 7.69. The molecule has 3 aromatic rings. The molecule has 9 nitrogen and oxygen atoms in total. The van der Waals surface area contributed by atoms with E-state index in [0.717, 1.165) is 15.7 Å². The lowest BCUT2D eigenvalue weighted by Crippen LogP contribution is -2.42. The van der Waals surface area contributed by atoms with Crippen LogP contribution in [0.4, 0.5) is 41.8 Å². The number of carboxylic acids is 1. The number of hydrogen-bond donors (Lipinski definition) is 2. The molecule has 1 aromatic carbocycles. The van der Waals surface area contributed by atoms with E-state index in [1.54, 1.807) is 31.2 Å². The van der Waals surface area contributed by atoms with E-state index in [1.807, 2.05) is 0 Å². The van der Waals surface area contributed by atoms with Crippen molar-refractivity contribution < 1.29 is 54.0 Å². The molecule has 3 heterocycles. The smallest absolute Gasteiger partial charge is 0.475 e. The summed E-state index contributed by atoms with van der Waals surface area (Å²) in [6, 6.07) is 5.88. The van der Waals surface area contributed by atoms with Crippen molar-refractivity contribution in [3.8, 4) is 0 Å². The summed E-state index contributed by atoms with van der Waals surface area (Å²) in [5.41, 5.74) is 0.604. The highest BCUT2D eigenvalue weighted by Gasteiger charge is 2.52. The van der Waals surface area contributed by atoms with Crippen LogP contribution < -0.4 is 9.80 Å². The van der Waals surface area contributed by atoms with Gasteiger partial charge in [-0.25, -0.2) is 9.59 Å². The maximum atomic E-state index is 13.3. The van der Waals surface area contributed by atoms with E-state index < -0.39 is 51.5 Å². The number of halogens is 6. The molecule has 0 spiro atoms. The number of aryl methyl sites for hydroxylation is 1.